The minimum absolute atomic E-state index is 0. The van der Waals surface area contributed by atoms with Crippen molar-refractivity contribution in [3.8, 4) is 0 Å². The second-order valence-corrected chi connectivity index (χ2v) is 7.03. The van der Waals surface area contributed by atoms with Gasteiger partial charge >= 0.3 is 0 Å². The van der Waals surface area contributed by atoms with Crippen molar-refractivity contribution >= 4 is 53.1 Å². The van der Waals surface area contributed by atoms with Crippen molar-refractivity contribution in [2.24, 2.45) is 11.7 Å². The van der Waals surface area contributed by atoms with Crippen molar-refractivity contribution in [3.63, 3.8) is 0 Å². The summed E-state index contributed by atoms with van der Waals surface area (Å²) in [6.07, 6.45) is 0.425. The van der Waals surface area contributed by atoms with Crippen LogP contribution >= 0.6 is 35.6 Å². The molecule has 1 fully saturated rings. The lowest BCUT2D eigenvalue weighted by Gasteiger charge is -2.19. The van der Waals surface area contributed by atoms with Crippen molar-refractivity contribution < 1.29 is 9.59 Å². The first-order chi connectivity index (χ1) is 12.5. The van der Waals surface area contributed by atoms with E-state index in [1.54, 1.807) is 18.2 Å². The van der Waals surface area contributed by atoms with E-state index in [0.29, 0.717) is 28.7 Å². The van der Waals surface area contributed by atoms with E-state index >= 15 is 0 Å². The van der Waals surface area contributed by atoms with Crippen LogP contribution in [0.5, 0.6) is 0 Å². The highest BCUT2D eigenvalue weighted by Crippen LogP contribution is 2.33. The van der Waals surface area contributed by atoms with Crippen LogP contribution in [0.15, 0.2) is 48.5 Å². The Labute approximate surface area is 174 Å². The van der Waals surface area contributed by atoms with Crippen molar-refractivity contribution in [3.05, 3.63) is 64.1 Å². The molecule has 1 aliphatic heterocycles. The van der Waals surface area contributed by atoms with E-state index in [-0.39, 0.29) is 36.8 Å². The highest BCUT2D eigenvalue weighted by molar-refractivity contribution is 6.36. The number of nitrogens with zero attached hydrogens (tertiary/aromatic N) is 1. The smallest absolute Gasteiger partial charge is 0.239 e. The van der Waals surface area contributed by atoms with Gasteiger partial charge in [0.05, 0.1) is 10.7 Å². The molecule has 144 valence electrons. The molecule has 0 aliphatic carbocycles. The summed E-state index contributed by atoms with van der Waals surface area (Å²) in [5.74, 6) is -1.34. The van der Waals surface area contributed by atoms with E-state index < -0.39 is 5.92 Å². The second kappa shape index (κ2) is 9.42. The normalized spacial score (nSPS) is 17.4. The Bertz CT molecular complexity index is 817. The van der Waals surface area contributed by atoms with Crippen LogP contribution < -0.4 is 16.0 Å². The molecule has 8 heteroatoms. The van der Waals surface area contributed by atoms with Gasteiger partial charge in [0, 0.05) is 24.2 Å². The molecule has 1 heterocycles. The van der Waals surface area contributed by atoms with Gasteiger partial charge in [-0.25, -0.2) is 0 Å². The topological polar surface area (TPSA) is 75.4 Å². The van der Waals surface area contributed by atoms with Gasteiger partial charge in [-0.2, -0.15) is 0 Å². The number of benzene rings is 2. The first-order valence-corrected chi connectivity index (χ1v) is 9.07. The molecule has 5 nitrogen and oxygen atoms in total. The second-order valence-electron chi connectivity index (χ2n) is 6.19. The monoisotopic (exact) mass is 427 g/mol. The Morgan fingerprint density at radius 1 is 1.22 bits per heavy atom. The molecule has 2 unspecified atom stereocenters. The van der Waals surface area contributed by atoms with Crippen LogP contribution in [0.4, 0.5) is 5.69 Å². The maximum atomic E-state index is 12.7. The third-order valence-electron chi connectivity index (χ3n) is 4.44. The molecular formula is C19H20Cl3N3O2. The van der Waals surface area contributed by atoms with Crippen LogP contribution in [-0.4, -0.2) is 24.9 Å². The van der Waals surface area contributed by atoms with Gasteiger partial charge in [-0.15, -0.1) is 12.4 Å². The third kappa shape index (κ3) is 4.93. The quantitative estimate of drug-likeness (QED) is 0.715. The van der Waals surface area contributed by atoms with E-state index in [1.165, 1.54) is 4.90 Å². The molecule has 27 heavy (non-hydrogen) atoms. The van der Waals surface area contributed by atoms with Gasteiger partial charge in [0.25, 0.3) is 0 Å². The van der Waals surface area contributed by atoms with Crippen LogP contribution in [0.2, 0.25) is 10.0 Å². The predicted molar refractivity (Wildman–Crippen MR) is 111 cm³/mol. The molecule has 1 aliphatic rings. The predicted octanol–water partition coefficient (Wildman–Crippen LogP) is 3.58. The number of nitrogens with one attached hydrogen (secondary N) is 1. The highest BCUT2D eigenvalue weighted by Gasteiger charge is 2.38. The first-order valence-electron chi connectivity index (χ1n) is 8.32. The summed E-state index contributed by atoms with van der Waals surface area (Å²) in [6, 6.07) is 14.1. The summed E-state index contributed by atoms with van der Waals surface area (Å²) in [5, 5.41) is 3.69. The fourth-order valence-corrected chi connectivity index (χ4v) is 3.39. The molecule has 2 aromatic rings. The van der Waals surface area contributed by atoms with Crippen molar-refractivity contribution in [1.29, 1.82) is 0 Å². The Morgan fingerprint density at radius 2 is 1.93 bits per heavy atom. The minimum atomic E-state index is -0.743. The molecule has 1 saturated heterocycles. The first kappa shape index (κ1) is 21.5. The summed E-state index contributed by atoms with van der Waals surface area (Å²) in [6.45, 7) is 0.687. The van der Waals surface area contributed by atoms with Gasteiger partial charge in [-0.3, -0.25) is 9.59 Å². The summed E-state index contributed by atoms with van der Waals surface area (Å²) in [7, 11) is 0. The zero-order valence-electron chi connectivity index (χ0n) is 14.4. The van der Waals surface area contributed by atoms with E-state index in [2.05, 4.69) is 5.32 Å². The lowest BCUT2D eigenvalue weighted by Crippen LogP contribution is -2.39. The van der Waals surface area contributed by atoms with Gasteiger partial charge in [-0.1, -0.05) is 53.5 Å². The number of hydrogen-bond acceptors (Lipinski definition) is 3. The zero-order chi connectivity index (χ0) is 18.7. The molecular weight excluding hydrogens is 409 g/mol. The molecule has 0 radical (unpaired) electrons. The number of amides is 2. The minimum Gasteiger partial charge on any atom is -0.354 e. The lowest BCUT2D eigenvalue weighted by molar-refractivity contribution is -0.132. The summed E-state index contributed by atoms with van der Waals surface area (Å²) in [4.78, 5) is 26.6. The molecule has 0 aromatic heterocycles. The Kier molecular flexibility index (Phi) is 7.50. The van der Waals surface area contributed by atoms with E-state index in [4.69, 9.17) is 28.9 Å². The fourth-order valence-electron chi connectivity index (χ4n) is 3.01. The zero-order valence-corrected chi connectivity index (χ0v) is 16.7. The molecule has 3 N–H and O–H groups in total. The number of halogens is 3. The van der Waals surface area contributed by atoms with Crippen molar-refractivity contribution in [1.82, 2.24) is 5.32 Å². The standard InChI is InChI=1S/C19H19Cl2N3O2.ClH/c20-13-6-7-15(21)17(10-13)24-9-8-14(19(24)26)18(25)23-11-16(22)12-4-2-1-3-5-12;/h1-7,10,14,16H,8-9,11,22H2,(H,23,25);1H. The highest BCUT2D eigenvalue weighted by atomic mass is 35.5. The SMILES string of the molecule is Cl.NC(CNC(=O)C1CCN(c2cc(Cl)ccc2Cl)C1=O)c1ccccc1. The molecule has 0 saturated carbocycles. The van der Waals surface area contributed by atoms with Crippen molar-refractivity contribution in [2.75, 3.05) is 18.0 Å². The van der Waals surface area contributed by atoms with Crippen LogP contribution in [0, 0.1) is 5.92 Å². The van der Waals surface area contributed by atoms with Crippen molar-refractivity contribution in [2.45, 2.75) is 12.5 Å². The summed E-state index contributed by atoms with van der Waals surface area (Å²) < 4.78 is 0. The number of anilines is 1. The van der Waals surface area contributed by atoms with Gasteiger partial charge in [-0.05, 0) is 30.2 Å². The largest absolute Gasteiger partial charge is 0.354 e. The maximum absolute atomic E-state index is 12.7. The van der Waals surface area contributed by atoms with Gasteiger partial charge in [0.15, 0.2) is 0 Å². The molecule has 2 amide bonds. The van der Waals surface area contributed by atoms with Gasteiger partial charge in [0.2, 0.25) is 11.8 Å². The number of hydrogen-bond donors (Lipinski definition) is 2. The lowest BCUT2D eigenvalue weighted by atomic mass is 10.1. The van der Waals surface area contributed by atoms with E-state index in [1.807, 2.05) is 30.3 Å². The molecule has 2 atom stereocenters. The Morgan fingerprint density at radius 3 is 2.63 bits per heavy atom. The van der Waals surface area contributed by atoms with E-state index in [9.17, 15) is 9.59 Å². The van der Waals surface area contributed by atoms with Gasteiger partial charge in [0.1, 0.15) is 5.92 Å². The molecule has 0 bridgehead atoms. The van der Waals surface area contributed by atoms with Crippen LogP contribution in [0.1, 0.15) is 18.0 Å². The maximum Gasteiger partial charge on any atom is 0.239 e. The molecule has 0 spiro atoms. The number of nitrogens with two attached hydrogens (primary N) is 1. The van der Waals surface area contributed by atoms with E-state index in [0.717, 1.165) is 5.56 Å². The molecule has 2 aromatic carbocycles. The Balaban J connectivity index is 0.00000261. The average Bonchev–Trinajstić information content (AvgIpc) is 3.03. The number of carbonyl (C=O) groups excluding carboxylic acids is 2. The number of rotatable bonds is 5. The fraction of sp³-hybridized carbons (Fsp3) is 0.263. The van der Waals surface area contributed by atoms with Crippen LogP contribution in [0.3, 0.4) is 0 Å². The van der Waals surface area contributed by atoms with Crippen LogP contribution in [0.25, 0.3) is 0 Å². The molecule has 3 rings (SSSR count). The number of carbonyl (C=O) groups is 2. The summed E-state index contributed by atoms with van der Waals surface area (Å²) >= 11 is 12.2. The van der Waals surface area contributed by atoms with Gasteiger partial charge < -0.3 is 16.0 Å². The third-order valence-corrected chi connectivity index (χ3v) is 5.00. The van der Waals surface area contributed by atoms with Crippen LogP contribution in [-0.2, 0) is 9.59 Å². The average molecular weight is 429 g/mol. The summed E-state index contributed by atoms with van der Waals surface area (Å²) in [5.41, 5.74) is 7.55. The Hall–Kier alpha value is -1.79.